The van der Waals surface area contributed by atoms with Gasteiger partial charge in [-0.25, -0.2) is 9.97 Å². The summed E-state index contributed by atoms with van der Waals surface area (Å²) in [4.78, 5) is 21.5. The minimum atomic E-state index is -0.384. The lowest BCUT2D eigenvalue weighted by Crippen LogP contribution is -2.38. The molecule has 0 saturated carbocycles. The fraction of sp³-hybridized carbons (Fsp3) is 0.714. The van der Waals surface area contributed by atoms with Crippen molar-refractivity contribution in [1.29, 1.82) is 0 Å². The SMILES string of the molecule is CC1CCCCN1c1ncnc(NC(C)(C)C)c1[N+](=O)[O-]. The van der Waals surface area contributed by atoms with Crippen LogP contribution in [0.5, 0.6) is 0 Å². The highest BCUT2D eigenvalue weighted by Crippen LogP contribution is 2.35. The summed E-state index contributed by atoms with van der Waals surface area (Å²) in [7, 11) is 0. The minimum absolute atomic E-state index is 0.0267. The first-order chi connectivity index (χ1) is 9.79. The van der Waals surface area contributed by atoms with Crippen molar-refractivity contribution in [1.82, 2.24) is 9.97 Å². The second kappa shape index (κ2) is 5.83. The number of aromatic nitrogens is 2. The summed E-state index contributed by atoms with van der Waals surface area (Å²) in [5.74, 6) is 0.712. The van der Waals surface area contributed by atoms with E-state index in [4.69, 9.17) is 0 Å². The molecule has 0 spiro atoms. The molecule has 0 aliphatic carbocycles. The molecule has 116 valence electrons. The summed E-state index contributed by atoms with van der Waals surface area (Å²) < 4.78 is 0. The number of rotatable bonds is 3. The molecule has 1 aliphatic rings. The molecule has 7 nitrogen and oxygen atoms in total. The van der Waals surface area contributed by atoms with Gasteiger partial charge in [0, 0.05) is 18.1 Å². The van der Waals surface area contributed by atoms with Crippen molar-refractivity contribution in [3.63, 3.8) is 0 Å². The third kappa shape index (κ3) is 3.59. The predicted molar refractivity (Wildman–Crippen MR) is 82.7 cm³/mol. The Hall–Kier alpha value is -1.92. The molecule has 1 atom stereocenters. The molecule has 21 heavy (non-hydrogen) atoms. The predicted octanol–water partition coefficient (Wildman–Crippen LogP) is 2.97. The van der Waals surface area contributed by atoms with Gasteiger partial charge in [-0.3, -0.25) is 10.1 Å². The maximum Gasteiger partial charge on any atom is 0.353 e. The van der Waals surface area contributed by atoms with E-state index in [0.29, 0.717) is 5.82 Å². The molecule has 2 rings (SSSR count). The number of nitrogens with one attached hydrogen (secondary N) is 1. The van der Waals surface area contributed by atoms with Crippen LogP contribution in [0.1, 0.15) is 47.0 Å². The van der Waals surface area contributed by atoms with Gasteiger partial charge in [-0.1, -0.05) is 0 Å². The first-order valence-corrected chi connectivity index (χ1v) is 7.34. The zero-order valence-corrected chi connectivity index (χ0v) is 13.1. The van der Waals surface area contributed by atoms with E-state index in [-0.39, 0.29) is 28.0 Å². The summed E-state index contributed by atoms with van der Waals surface area (Å²) in [6.07, 6.45) is 4.62. The van der Waals surface area contributed by atoms with E-state index in [1.165, 1.54) is 6.33 Å². The van der Waals surface area contributed by atoms with Crippen molar-refractivity contribution in [3.05, 3.63) is 16.4 Å². The standard InChI is InChI=1S/C14H23N5O2/c1-10-7-5-6-8-18(10)13-11(19(20)21)12(15-9-16-13)17-14(2,3)4/h9-10H,5-8H2,1-4H3,(H,15,16,17). The Morgan fingerprint density at radius 1 is 1.38 bits per heavy atom. The van der Waals surface area contributed by atoms with E-state index in [1.807, 2.05) is 25.7 Å². The normalized spacial score (nSPS) is 19.4. The van der Waals surface area contributed by atoms with Crippen LogP contribution >= 0.6 is 0 Å². The molecule has 0 amide bonds. The van der Waals surface area contributed by atoms with E-state index in [9.17, 15) is 10.1 Å². The Kier molecular flexibility index (Phi) is 4.29. The molecule has 7 heteroatoms. The zero-order valence-electron chi connectivity index (χ0n) is 13.1. The summed E-state index contributed by atoms with van der Waals surface area (Å²) in [6, 6.07) is 0.259. The van der Waals surface area contributed by atoms with Gasteiger partial charge in [-0.2, -0.15) is 0 Å². The topological polar surface area (TPSA) is 84.2 Å². The fourth-order valence-corrected chi connectivity index (χ4v) is 2.61. The van der Waals surface area contributed by atoms with Crippen LogP contribution in [0.3, 0.4) is 0 Å². The smallest absolute Gasteiger partial charge is 0.353 e. The van der Waals surface area contributed by atoms with Crippen LogP contribution in [0.2, 0.25) is 0 Å². The van der Waals surface area contributed by atoms with Crippen LogP contribution < -0.4 is 10.2 Å². The molecule has 0 aromatic carbocycles. The number of anilines is 2. The molecular formula is C14H23N5O2. The van der Waals surface area contributed by atoms with Crippen LogP contribution in [0.15, 0.2) is 6.33 Å². The molecular weight excluding hydrogens is 270 g/mol. The number of hydrogen-bond acceptors (Lipinski definition) is 6. The Morgan fingerprint density at radius 3 is 2.67 bits per heavy atom. The van der Waals surface area contributed by atoms with Gasteiger partial charge in [0.25, 0.3) is 0 Å². The first kappa shape index (κ1) is 15.5. The maximum absolute atomic E-state index is 11.5. The van der Waals surface area contributed by atoms with Crippen molar-refractivity contribution in [2.45, 2.75) is 58.5 Å². The third-order valence-corrected chi connectivity index (χ3v) is 3.55. The fourth-order valence-electron chi connectivity index (χ4n) is 2.61. The van der Waals surface area contributed by atoms with Gasteiger partial charge in [-0.15, -0.1) is 0 Å². The summed E-state index contributed by atoms with van der Waals surface area (Å²) in [6.45, 7) is 8.72. The Balaban J connectivity index is 2.45. The van der Waals surface area contributed by atoms with E-state index in [1.54, 1.807) is 0 Å². The number of hydrogen-bond donors (Lipinski definition) is 1. The monoisotopic (exact) mass is 293 g/mol. The van der Waals surface area contributed by atoms with Crippen molar-refractivity contribution in [2.24, 2.45) is 0 Å². The average molecular weight is 293 g/mol. The van der Waals surface area contributed by atoms with E-state index < -0.39 is 0 Å². The molecule has 1 aromatic heterocycles. The van der Waals surface area contributed by atoms with Gasteiger partial charge in [0.05, 0.1) is 4.92 Å². The van der Waals surface area contributed by atoms with Crippen molar-refractivity contribution >= 4 is 17.3 Å². The second-order valence-corrected chi connectivity index (χ2v) is 6.56. The van der Waals surface area contributed by atoms with E-state index in [2.05, 4.69) is 22.2 Å². The summed E-state index contributed by atoms with van der Waals surface area (Å²) >= 11 is 0. The molecule has 1 saturated heterocycles. The second-order valence-electron chi connectivity index (χ2n) is 6.56. The van der Waals surface area contributed by atoms with Crippen LogP contribution in [-0.2, 0) is 0 Å². The maximum atomic E-state index is 11.5. The molecule has 1 fully saturated rings. The number of nitrogens with zero attached hydrogens (tertiary/aromatic N) is 4. The van der Waals surface area contributed by atoms with Gasteiger partial charge in [0.2, 0.25) is 11.6 Å². The van der Waals surface area contributed by atoms with Crippen molar-refractivity contribution in [3.8, 4) is 0 Å². The lowest BCUT2D eigenvalue weighted by Gasteiger charge is -2.34. The molecule has 1 aromatic rings. The molecule has 1 unspecified atom stereocenters. The first-order valence-electron chi connectivity index (χ1n) is 7.34. The molecule has 0 radical (unpaired) electrons. The lowest BCUT2D eigenvalue weighted by atomic mass is 10.0. The number of nitro groups is 1. The van der Waals surface area contributed by atoms with Crippen LogP contribution in [-0.4, -0.2) is 33.0 Å². The van der Waals surface area contributed by atoms with Crippen LogP contribution in [0.25, 0.3) is 0 Å². The summed E-state index contributed by atoms with van der Waals surface area (Å²) in [5, 5.41) is 14.6. The van der Waals surface area contributed by atoms with Gasteiger partial charge in [0.1, 0.15) is 6.33 Å². The Morgan fingerprint density at radius 2 is 2.10 bits per heavy atom. The molecule has 0 bridgehead atoms. The highest BCUT2D eigenvalue weighted by molar-refractivity contribution is 5.71. The zero-order chi connectivity index (χ0) is 15.6. The van der Waals surface area contributed by atoms with Crippen LogP contribution in [0, 0.1) is 10.1 Å². The average Bonchev–Trinajstić information content (AvgIpc) is 2.36. The number of piperidine rings is 1. The van der Waals surface area contributed by atoms with Gasteiger partial charge in [-0.05, 0) is 47.0 Å². The lowest BCUT2D eigenvalue weighted by molar-refractivity contribution is -0.383. The molecule has 2 heterocycles. The van der Waals surface area contributed by atoms with Crippen molar-refractivity contribution in [2.75, 3.05) is 16.8 Å². The Labute approximate surface area is 124 Å². The third-order valence-electron chi connectivity index (χ3n) is 3.55. The van der Waals surface area contributed by atoms with E-state index >= 15 is 0 Å². The van der Waals surface area contributed by atoms with Gasteiger partial charge < -0.3 is 10.2 Å². The summed E-state index contributed by atoms with van der Waals surface area (Å²) in [5.41, 5.74) is -0.328. The molecule has 1 N–H and O–H groups in total. The largest absolute Gasteiger partial charge is 0.360 e. The minimum Gasteiger partial charge on any atom is -0.360 e. The Bertz CT molecular complexity index is 527. The quantitative estimate of drug-likeness (QED) is 0.681. The van der Waals surface area contributed by atoms with Crippen LogP contribution in [0.4, 0.5) is 17.3 Å². The van der Waals surface area contributed by atoms with Gasteiger partial charge >= 0.3 is 5.69 Å². The van der Waals surface area contributed by atoms with E-state index in [0.717, 1.165) is 25.8 Å². The van der Waals surface area contributed by atoms with Crippen molar-refractivity contribution < 1.29 is 4.92 Å². The molecule has 1 aliphatic heterocycles. The highest BCUT2D eigenvalue weighted by Gasteiger charge is 2.31. The van der Waals surface area contributed by atoms with Gasteiger partial charge in [0.15, 0.2) is 0 Å². The highest BCUT2D eigenvalue weighted by atomic mass is 16.6.